The zero-order valence-corrected chi connectivity index (χ0v) is 12.7. The van der Waals surface area contributed by atoms with E-state index in [1.165, 1.54) is 6.42 Å². The van der Waals surface area contributed by atoms with Gasteiger partial charge in [0.2, 0.25) is 11.9 Å². The number of hydrogen-bond acceptors (Lipinski definition) is 4. The predicted octanol–water partition coefficient (Wildman–Crippen LogP) is 1.77. The van der Waals surface area contributed by atoms with Crippen molar-refractivity contribution >= 4 is 11.9 Å². The Bertz CT molecular complexity index is 573. The van der Waals surface area contributed by atoms with Crippen molar-refractivity contribution in [1.29, 1.82) is 0 Å². The summed E-state index contributed by atoms with van der Waals surface area (Å²) in [7, 11) is 0. The van der Waals surface area contributed by atoms with E-state index in [2.05, 4.69) is 32.3 Å². The lowest BCUT2D eigenvalue weighted by Crippen LogP contribution is -2.50. The van der Waals surface area contributed by atoms with Gasteiger partial charge in [0.05, 0.1) is 0 Å². The van der Waals surface area contributed by atoms with Crippen LogP contribution in [0.5, 0.6) is 0 Å². The molecule has 5 heteroatoms. The van der Waals surface area contributed by atoms with Gasteiger partial charge in [0.25, 0.3) is 0 Å². The number of carbonyl (C=O) groups is 1. The van der Waals surface area contributed by atoms with E-state index in [0.29, 0.717) is 11.8 Å². The van der Waals surface area contributed by atoms with Crippen LogP contribution in [0.1, 0.15) is 25.7 Å². The Kier molecular flexibility index (Phi) is 3.56. The summed E-state index contributed by atoms with van der Waals surface area (Å²) in [6.07, 6.45) is 12.4. The number of fused-ring (bicyclic) bond motifs is 2. The minimum Gasteiger partial charge on any atom is -0.351 e. The maximum atomic E-state index is 12.6. The molecule has 1 saturated carbocycles. The molecule has 0 aromatic carbocycles. The second kappa shape index (κ2) is 5.71. The predicted molar refractivity (Wildman–Crippen MR) is 84.3 cm³/mol. The van der Waals surface area contributed by atoms with Crippen molar-refractivity contribution < 1.29 is 4.79 Å². The molecule has 2 aliphatic carbocycles. The van der Waals surface area contributed by atoms with Gasteiger partial charge in [0.1, 0.15) is 0 Å². The van der Waals surface area contributed by atoms with Crippen LogP contribution in [0.4, 0.5) is 5.95 Å². The average molecular weight is 298 g/mol. The molecule has 1 N–H and O–H groups in total. The number of nitrogens with zero attached hydrogens (tertiary/aromatic N) is 3. The Balaban J connectivity index is 1.37. The largest absolute Gasteiger partial charge is 0.351 e. The van der Waals surface area contributed by atoms with Crippen molar-refractivity contribution in [2.45, 2.75) is 31.7 Å². The molecule has 1 saturated heterocycles. The molecule has 1 aliphatic heterocycles. The lowest BCUT2D eigenvalue weighted by Gasteiger charge is -2.34. The molecule has 1 amide bonds. The highest BCUT2D eigenvalue weighted by Crippen LogP contribution is 2.43. The molecular weight excluding hydrogens is 276 g/mol. The van der Waals surface area contributed by atoms with Crippen LogP contribution in [0, 0.1) is 17.8 Å². The summed E-state index contributed by atoms with van der Waals surface area (Å²) in [6.45, 7) is 1.78. The number of amides is 1. The molecule has 5 nitrogen and oxygen atoms in total. The first-order valence-electron chi connectivity index (χ1n) is 8.30. The summed E-state index contributed by atoms with van der Waals surface area (Å²) >= 11 is 0. The Hall–Kier alpha value is -1.91. The minimum absolute atomic E-state index is 0.193. The van der Waals surface area contributed by atoms with Crippen molar-refractivity contribution in [2.24, 2.45) is 17.8 Å². The molecule has 0 radical (unpaired) electrons. The first-order valence-corrected chi connectivity index (χ1v) is 8.30. The fourth-order valence-electron chi connectivity index (χ4n) is 4.12. The number of nitrogens with one attached hydrogen (secondary N) is 1. The SMILES string of the molecule is O=C(NC1CCCN(c2ncccn2)C1)C1CC2C=CC1C2. The Morgan fingerprint density at radius 2 is 2.09 bits per heavy atom. The number of aromatic nitrogens is 2. The molecular formula is C17H22N4O. The smallest absolute Gasteiger partial charge is 0.225 e. The van der Waals surface area contributed by atoms with Crippen molar-refractivity contribution in [1.82, 2.24) is 15.3 Å². The van der Waals surface area contributed by atoms with Crippen molar-refractivity contribution in [3.63, 3.8) is 0 Å². The van der Waals surface area contributed by atoms with E-state index >= 15 is 0 Å². The maximum absolute atomic E-state index is 12.6. The second-order valence-corrected chi connectivity index (χ2v) is 6.73. The third-order valence-corrected chi connectivity index (χ3v) is 5.22. The molecule has 22 heavy (non-hydrogen) atoms. The maximum Gasteiger partial charge on any atom is 0.225 e. The highest BCUT2D eigenvalue weighted by Gasteiger charge is 2.40. The van der Waals surface area contributed by atoms with Crippen LogP contribution in [0.2, 0.25) is 0 Å². The topological polar surface area (TPSA) is 58.1 Å². The monoisotopic (exact) mass is 298 g/mol. The van der Waals surface area contributed by atoms with Crippen LogP contribution in [-0.2, 0) is 4.79 Å². The summed E-state index contributed by atoms with van der Waals surface area (Å²) in [5.41, 5.74) is 0. The summed E-state index contributed by atoms with van der Waals surface area (Å²) in [6, 6.07) is 2.04. The minimum atomic E-state index is 0.193. The molecule has 2 bridgehead atoms. The fourth-order valence-corrected chi connectivity index (χ4v) is 4.12. The summed E-state index contributed by atoms with van der Waals surface area (Å²) in [4.78, 5) is 23.4. The molecule has 1 aromatic heterocycles. The molecule has 4 rings (SSSR count). The van der Waals surface area contributed by atoms with Gasteiger partial charge in [-0.05, 0) is 43.6 Å². The highest BCUT2D eigenvalue weighted by molar-refractivity contribution is 5.80. The molecule has 2 fully saturated rings. The normalized spacial score (nSPS) is 33.2. The third-order valence-electron chi connectivity index (χ3n) is 5.22. The van der Waals surface area contributed by atoms with E-state index in [9.17, 15) is 4.79 Å². The summed E-state index contributed by atoms with van der Waals surface area (Å²) < 4.78 is 0. The van der Waals surface area contributed by atoms with Crippen LogP contribution in [0.3, 0.4) is 0 Å². The van der Waals surface area contributed by atoms with Gasteiger partial charge in [0, 0.05) is 37.4 Å². The quantitative estimate of drug-likeness (QED) is 0.864. The first kappa shape index (κ1) is 13.7. The van der Waals surface area contributed by atoms with Gasteiger partial charge in [-0.15, -0.1) is 0 Å². The number of rotatable bonds is 3. The molecule has 116 valence electrons. The standard InChI is InChI=1S/C17H22N4O/c22-16(15-10-12-4-5-13(15)9-12)20-14-3-1-8-21(11-14)17-18-6-2-7-19-17/h2,4-7,12-15H,1,3,8-11H2,(H,20,22). The molecule has 4 atom stereocenters. The zero-order valence-electron chi connectivity index (χ0n) is 12.7. The Morgan fingerprint density at radius 1 is 1.23 bits per heavy atom. The van der Waals surface area contributed by atoms with Crippen LogP contribution in [-0.4, -0.2) is 35.0 Å². The van der Waals surface area contributed by atoms with Gasteiger partial charge in [-0.25, -0.2) is 9.97 Å². The van der Waals surface area contributed by atoms with E-state index in [1.807, 2.05) is 6.07 Å². The average Bonchev–Trinajstić information content (AvgIpc) is 3.19. The molecule has 0 spiro atoms. The lowest BCUT2D eigenvalue weighted by atomic mass is 9.92. The van der Waals surface area contributed by atoms with Crippen LogP contribution in [0.15, 0.2) is 30.6 Å². The molecule has 4 unspecified atom stereocenters. The van der Waals surface area contributed by atoms with Gasteiger partial charge in [-0.1, -0.05) is 12.2 Å². The van der Waals surface area contributed by atoms with Gasteiger partial charge in [-0.3, -0.25) is 4.79 Å². The summed E-state index contributed by atoms with van der Waals surface area (Å²) in [5, 5.41) is 3.28. The number of piperidine rings is 1. The van der Waals surface area contributed by atoms with Crippen molar-refractivity contribution in [2.75, 3.05) is 18.0 Å². The molecule has 2 heterocycles. The third kappa shape index (κ3) is 2.60. The van der Waals surface area contributed by atoms with E-state index in [0.717, 1.165) is 38.3 Å². The van der Waals surface area contributed by atoms with Crippen LogP contribution in [0.25, 0.3) is 0 Å². The van der Waals surface area contributed by atoms with Gasteiger partial charge in [-0.2, -0.15) is 0 Å². The number of allylic oxidation sites excluding steroid dienone is 2. The Labute approximate surface area is 130 Å². The Morgan fingerprint density at radius 3 is 2.82 bits per heavy atom. The molecule has 1 aromatic rings. The van der Waals surface area contributed by atoms with E-state index < -0.39 is 0 Å². The highest BCUT2D eigenvalue weighted by atomic mass is 16.2. The first-order chi connectivity index (χ1) is 10.8. The van der Waals surface area contributed by atoms with E-state index in [1.54, 1.807) is 12.4 Å². The summed E-state index contributed by atoms with van der Waals surface area (Å²) in [5.74, 6) is 2.32. The van der Waals surface area contributed by atoms with Gasteiger partial charge in [0.15, 0.2) is 0 Å². The van der Waals surface area contributed by atoms with E-state index in [-0.39, 0.29) is 17.9 Å². The van der Waals surface area contributed by atoms with Crippen molar-refractivity contribution in [3.8, 4) is 0 Å². The van der Waals surface area contributed by atoms with Gasteiger partial charge < -0.3 is 10.2 Å². The zero-order chi connectivity index (χ0) is 14.9. The van der Waals surface area contributed by atoms with E-state index in [4.69, 9.17) is 0 Å². The fraction of sp³-hybridized carbons (Fsp3) is 0.588. The number of carbonyl (C=O) groups excluding carboxylic acids is 1. The second-order valence-electron chi connectivity index (χ2n) is 6.73. The van der Waals surface area contributed by atoms with Crippen LogP contribution >= 0.6 is 0 Å². The number of hydrogen-bond donors (Lipinski definition) is 1. The van der Waals surface area contributed by atoms with Crippen LogP contribution < -0.4 is 10.2 Å². The lowest BCUT2D eigenvalue weighted by molar-refractivity contribution is -0.126. The van der Waals surface area contributed by atoms with Gasteiger partial charge >= 0.3 is 0 Å². The number of anilines is 1. The molecule has 3 aliphatic rings. The van der Waals surface area contributed by atoms with Crippen molar-refractivity contribution in [3.05, 3.63) is 30.6 Å².